The van der Waals surface area contributed by atoms with Crippen LogP contribution in [0.2, 0.25) is 0 Å². The first kappa shape index (κ1) is 19.7. The van der Waals surface area contributed by atoms with Gasteiger partial charge in [-0.2, -0.15) is 0 Å². The molecule has 0 fully saturated rings. The fraction of sp³-hybridized carbons (Fsp3) is 0.429. The van der Waals surface area contributed by atoms with Gasteiger partial charge >= 0.3 is 0 Å². The average molecular weight is 416 g/mol. The van der Waals surface area contributed by atoms with E-state index in [1.54, 1.807) is 18.4 Å². The smallest absolute Gasteiger partial charge is 0.231 e. The number of aromatic nitrogens is 2. The van der Waals surface area contributed by atoms with E-state index >= 15 is 0 Å². The minimum absolute atomic E-state index is 0.184. The molecule has 0 bridgehead atoms. The maximum Gasteiger partial charge on any atom is 0.231 e. The summed E-state index contributed by atoms with van der Waals surface area (Å²) in [6.07, 6.45) is 0. The van der Waals surface area contributed by atoms with Gasteiger partial charge in [-0.1, -0.05) is 0 Å². The Hall–Kier alpha value is -2.58. The molecular weight excluding hydrogens is 390 g/mol. The van der Waals surface area contributed by atoms with Crippen LogP contribution in [0.15, 0.2) is 16.5 Å². The molecule has 0 saturated heterocycles. The zero-order chi connectivity index (χ0) is 20.7. The monoisotopic (exact) mass is 415 g/mol. The molecule has 0 N–H and O–H groups in total. The van der Waals surface area contributed by atoms with E-state index in [2.05, 4.69) is 25.8 Å². The Morgan fingerprint density at radius 3 is 2.69 bits per heavy atom. The van der Waals surface area contributed by atoms with Crippen molar-refractivity contribution in [2.45, 2.75) is 40.3 Å². The second kappa shape index (κ2) is 7.68. The van der Waals surface area contributed by atoms with Crippen molar-refractivity contribution in [3.63, 3.8) is 0 Å². The standard InChI is InChI=1S/C21H25N3O4S/c1-11(19-13(3)29-14(4)22-19)24(5)9-16-12(2)28-21(23-16)15-7-17(25-6)20-18(8-15)26-10-27-20/h7-8,11H,9-10H2,1-6H3/t11-/m0/s1. The molecule has 2 aromatic heterocycles. The van der Waals surface area contributed by atoms with Gasteiger partial charge in [0.15, 0.2) is 11.5 Å². The Morgan fingerprint density at radius 1 is 1.21 bits per heavy atom. The molecule has 3 aromatic rings. The van der Waals surface area contributed by atoms with Crippen LogP contribution in [0, 0.1) is 20.8 Å². The van der Waals surface area contributed by atoms with Crippen LogP contribution < -0.4 is 14.2 Å². The van der Waals surface area contributed by atoms with Gasteiger partial charge in [0, 0.05) is 17.0 Å². The molecule has 0 amide bonds. The van der Waals surface area contributed by atoms with Gasteiger partial charge in [-0.05, 0) is 46.9 Å². The number of hydrogen-bond acceptors (Lipinski definition) is 8. The highest BCUT2D eigenvalue weighted by Crippen LogP contribution is 2.44. The predicted molar refractivity (Wildman–Crippen MR) is 111 cm³/mol. The van der Waals surface area contributed by atoms with Gasteiger partial charge in [-0.25, -0.2) is 9.97 Å². The fourth-order valence-corrected chi connectivity index (χ4v) is 4.37. The van der Waals surface area contributed by atoms with Gasteiger partial charge in [0.2, 0.25) is 18.4 Å². The molecule has 1 atom stereocenters. The molecule has 7 nitrogen and oxygen atoms in total. The molecule has 0 radical (unpaired) electrons. The number of methoxy groups -OCH3 is 1. The highest BCUT2D eigenvalue weighted by Gasteiger charge is 2.24. The number of benzene rings is 1. The zero-order valence-corrected chi connectivity index (χ0v) is 18.3. The van der Waals surface area contributed by atoms with E-state index in [4.69, 9.17) is 28.6 Å². The highest BCUT2D eigenvalue weighted by atomic mass is 32.1. The van der Waals surface area contributed by atoms with E-state index in [-0.39, 0.29) is 12.8 Å². The summed E-state index contributed by atoms with van der Waals surface area (Å²) in [5, 5.41) is 1.09. The molecule has 0 saturated carbocycles. The third-order valence-corrected chi connectivity index (χ3v) is 6.10. The lowest BCUT2D eigenvalue weighted by Gasteiger charge is -2.23. The number of rotatable bonds is 6. The van der Waals surface area contributed by atoms with Crippen LogP contribution in [0.25, 0.3) is 11.5 Å². The normalized spacial score (nSPS) is 13.9. The van der Waals surface area contributed by atoms with Gasteiger partial charge in [-0.3, -0.25) is 4.90 Å². The van der Waals surface area contributed by atoms with E-state index < -0.39 is 0 Å². The second-order valence-electron chi connectivity index (χ2n) is 7.20. The summed E-state index contributed by atoms with van der Waals surface area (Å²) in [4.78, 5) is 12.9. The van der Waals surface area contributed by atoms with Crippen molar-refractivity contribution < 1.29 is 18.6 Å². The summed E-state index contributed by atoms with van der Waals surface area (Å²) < 4.78 is 22.4. The van der Waals surface area contributed by atoms with Gasteiger partial charge in [0.05, 0.1) is 29.5 Å². The maximum atomic E-state index is 5.97. The number of hydrogen-bond donors (Lipinski definition) is 0. The number of fused-ring (bicyclic) bond motifs is 1. The average Bonchev–Trinajstić information content (AvgIpc) is 3.39. The first-order chi connectivity index (χ1) is 13.9. The third-order valence-electron chi connectivity index (χ3n) is 5.19. The summed E-state index contributed by atoms with van der Waals surface area (Å²) >= 11 is 1.73. The number of thiazole rings is 1. The Balaban J connectivity index is 1.58. The van der Waals surface area contributed by atoms with Crippen LogP contribution in [-0.4, -0.2) is 35.8 Å². The van der Waals surface area contributed by atoms with E-state index in [1.165, 1.54) is 4.88 Å². The summed E-state index contributed by atoms with van der Waals surface area (Å²) in [7, 11) is 3.68. The largest absolute Gasteiger partial charge is 0.493 e. The highest BCUT2D eigenvalue weighted by molar-refractivity contribution is 7.11. The molecule has 29 heavy (non-hydrogen) atoms. The van der Waals surface area contributed by atoms with Crippen molar-refractivity contribution >= 4 is 11.3 Å². The van der Waals surface area contributed by atoms with Gasteiger partial charge in [0.25, 0.3) is 0 Å². The summed E-state index contributed by atoms with van der Waals surface area (Å²) in [5.74, 6) is 3.18. The Labute approximate surface area is 174 Å². The minimum Gasteiger partial charge on any atom is -0.493 e. The predicted octanol–water partition coefficient (Wildman–Crippen LogP) is 4.65. The first-order valence-corrected chi connectivity index (χ1v) is 10.3. The van der Waals surface area contributed by atoms with Gasteiger partial charge < -0.3 is 18.6 Å². The topological polar surface area (TPSA) is 69.9 Å². The minimum atomic E-state index is 0.184. The number of ether oxygens (including phenoxy) is 3. The quantitative estimate of drug-likeness (QED) is 0.580. The van der Waals surface area contributed by atoms with E-state index in [0.29, 0.717) is 29.7 Å². The van der Waals surface area contributed by atoms with Crippen molar-refractivity contribution in [2.75, 3.05) is 21.0 Å². The molecule has 0 unspecified atom stereocenters. The number of aryl methyl sites for hydroxylation is 3. The zero-order valence-electron chi connectivity index (χ0n) is 17.5. The van der Waals surface area contributed by atoms with E-state index in [1.807, 2.05) is 26.0 Å². The van der Waals surface area contributed by atoms with Crippen molar-refractivity contribution in [1.29, 1.82) is 0 Å². The van der Waals surface area contributed by atoms with Crippen molar-refractivity contribution in [2.24, 2.45) is 0 Å². The molecule has 3 heterocycles. The molecule has 1 aliphatic rings. The lowest BCUT2D eigenvalue weighted by atomic mass is 10.1. The van der Waals surface area contributed by atoms with E-state index in [9.17, 15) is 0 Å². The molecule has 4 rings (SSSR count). The van der Waals surface area contributed by atoms with E-state index in [0.717, 1.165) is 27.7 Å². The summed E-state index contributed by atoms with van der Waals surface area (Å²) in [6, 6.07) is 3.91. The molecule has 0 spiro atoms. The number of nitrogens with zero attached hydrogens (tertiary/aromatic N) is 3. The molecule has 8 heteroatoms. The maximum absolute atomic E-state index is 5.97. The van der Waals surface area contributed by atoms with Crippen LogP contribution >= 0.6 is 11.3 Å². The van der Waals surface area contributed by atoms with Gasteiger partial charge in [0.1, 0.15) is 5.76 Å². The molecule has 1 aliphatic heterocycles. The van der Waals surface area contributed by atoms with Crippen LogP contribution in [0.3, 0.4) is 0 Å². The third kappa shape index (κ3) is 3.70. The lowest BCUT2D eigenvalue weighted by Crippen LogP contribution is -2.23. The van der Waals surface area contributed by atoms with Crippen molar-refractivity contribution in [3.05, 3.63) is 39.2 Å². The van der Waals surface area contributed by atoms with Crippen LogP contribution in [0.4, 0.5) is 0 Å². The second-order valence-corrected chi connectivity index (χ2v) is 8.61. The van der Waals surface area contributed by atoms with Crippen LogP contribution in [0.1, 0.15) is 40.0 Å². The first-order valence-electron chi connectivity index (χ1n) is 9.45. The molecule has 154 valence electrons. The lowest BCUT2D eigenvalue weighted by molar-refractivity contribution is 0.171. The van der Waals surface area contributed by atoms with Crippen molar-refractivity contribution in [1.82, 2.24) is 14.9 Å². The SMILES string of the molecule is COc1cc(-c2nc(CN(C)[C@@H](C)c3nc(C)sc3C)c(C)o2)cc2c1OCO2. The van der Waals surface area contributed by atoms with Crippen LogP contribution in [-0.2, 0) is 6.54 Å². The Bertz CT molecular complexity index is 1040. The molecular formula is C21H25N3O4S. The van der Waals surface area contributed by atoms with Crippen molar-refractivity contribution in [3.8, 4) is 28.7 Å². The number of oxazole rings is 1. The summed E-state index contributed by atoms with van der Waals surface area (Å²) in [6.45, 7) is 9.11. The molecule has 1 aromatic carbocycles. The van der Waals surface area contributed by atoms with Gasteiger partial charge in [-0.15, -0.1) is 11.3 Å². The summed E-state index contributed by atoms with van der Waals surface area (Å²) in [5.41, 5.74) is 2.81. The van der Waals surface area contributed by atoms with Crippen LogP contribution in [0.5, 0.6) is 17.2 Å². The Kier molecular flexibility index (Phi) is 5.23. The Morgan fingerprint density at radius 2 is 2.00 bits per heavy atom. The molecule has 0 aliphatic carbocycles. The fourth-order valence-electron chi connectivity index (χ4n) is 3.47.